The number of fused-ring (bicyclic) bond motifs is 1. The first-order chi connectivity index (χ1) is 16.1. The molecule has 0 saturated carbocycles. The summed E-state index contributed by atoms with van der Waals surface area (Å²) in [5.41, 5.74) is 3.92. The molecule has 0 aliphatic carbocycles. The monoisotopic (exact) mass is 496 g/mol. The number of hydrogen-bond donors (Lipinski definition) is 0. The van der Waals surface area contributed by atoms with Gasteiger partial charge in [0, 0.05) is 10.0 Å². The third kappa shape index (κ3) is 4.32. The van der Waals surface area contributed by atoms with Crippen LogP contribution in [0.2, 0.25) is 0 Å². The van der Waals surface area contributed by atoms with Crippen molar-refractivity contribution in [1.29, 1.82) is 0 Å². The van der Waals surface area contributed by atoms with E-state index < -0.39 is 0 Å². The number of para-hydroxylation sites is 1. The molecular formula is C28H21BrN2O2. The Balaban J connectivity index is 1.54. The molecule has 0 spiro atoms. The lowest BCUT2D eigenvalue weighted by atomic mass is 9.99. The zero-order valence-electron chi connectivity index (χ0n) is 18.0. The van der Waals surface area contributed by atoms with Gasteiger partial charge in [-0.25, -0.2) is 0 Å². The highest BCUT2D eigenvalue weighted by Crippen LogP contribution is 2.33. The average Bonchev–Trinajstić information content (AvgIpc) is 3.13. The lowest BCUT2D eigenvalue weighted by molar-refractivity contribution is -0.114. The van der Waals surface area contributed by atoms with Crippen molar-refractivity contribution >= 4 is 50.1 Å². The molecule has 1 aliphatic rings. The summed E-state index contributed by atoms with van der Waals surface area (Å²) in [6, 6.07) is 29.6. The quantitative estimate of drug-likeness (QED) is 0.279. The molecule has 1 aliphatic heterocycles. The van der Waals surface area contributed by atoms with Gasteiger partial charge in [0.2, 0.25) is 0 Å². The highest BCUT2D eigenvalue weighted by molar-refractivity contribution is 9.10. The van der Waals surface area contributed by atoms with E-state index in [4.69, 9.17) is 4.74 Å². The second-order valence-corrected chi connectivity index (χ2v) is 8.73. The Hall–Kier alpha value is -3.70. The van der Waals surface area contributed by atoms with E-state index in [9.17, 15) is 4.79 Å². The van der Waals surface area contributed by atoms with Crippen LogP contribution in [0.25, 0.3) is 16.8 Å². The van der Waals surface area contributed by atoms with Gasteiger partial charge >= 0.3 is 0 Å². The van der Waals surface area contributed by atoms with Crippen LogP contribution in [-0.2, 0) is 11.4 Å². The standard InChI is InChI=1S/C28H21BrN2O2/c1-19-25(28(32)31(30-19)23-8-3-2-4-9-23)17-26-24-10-6-5-7-21(24)13-16-27(26)33-18-20-11-14-22(29)15-12-20/h2-17H,18H2,1H3/b25-17+. The highest BCUT2D eigenvalue weighted by Gasteiger charge is 2.29. The first-order valence-electron chi connectivity index (χ1n) is 10.7. The molecular weight excluding hydrogens is 476 g/mol. The molecule has 0 N–H and O–H groups in total. The molecule has 0 atom stereocenters. The van der Waals surface area contributed by atoms with Gasteiger partial charge < -0.3 is 4.74 Å². The van der Waals surface area contributed by atoms with Gasteiger partial charge in [0.1, 0.15) is 12.4 Å². The SMILES string of the molecule is CC1=NN(c2ccccc2)C(=O)/C1=C/c1c(OCc2ccc(Br)cc2)ccc2ccccc12. The Labute approximate surface area is 200 Å². The summed E-state index contributed by atoms with van der Waals surface area (Å²) in [5.74, 6) is 0.577. The summed E-state index contributed by atoms with van der Waals surface area (Å²) in [6.45, 7) is 2.29. The normalized spacial score (nSPS) is 14.7. The minimum absolute atomic E-state index is 0.148. The van der Waals surface area contributed by atoms with Gasteiger partial charge in [-0.3, -0.25) is 4.79 Å². The molecule has 0 unspecified atom stereocenters. The van der Waals surface area contributed by atoms with E-state index in [-0.39, 0.29) is 5.91 Å². The van der Waals surface area contributed by atoms with Crippen LogP contribution in [0.1, 0.15) is 18.1 Å². The van der Waals surface area contributed by atoms with Crippen molar-refractivity contribution in [2.24, 2.45) is 5.10 Å². The Morgan fingerprint density at radius 3 is 2.42 bits per heavy atom. The van der Waals surface area contributed by atoms with Gasteiger partial charge in [0.15, 0.2) is 0 Å². The maximum atomic E-state index is 13.3. The smallest absolute Gasteiger partial charge is 0.280 e. The molecule has 1 amide bonds. The zero-order chi connectivity index (χ0) is 22.8. The topological polar surface area (TPSA) is 41.9 Å². The third-order valence-corrected chi connectivity index (χ3v) is 6.12. The number of rotatable bonds is 5. The number of carbonyl (C=O) groups excluding carboxylic acids is 1. The predicted molar refractivity (Wildman–Crippen MR) is 137 cm³/mol. The number of hydrazone groups is 1. The van der Waals surface area contributed by atoms with Crippen LogP contribution >= 0.6 is 15.9 Å². The Morgan fingerprint density at radius 1 is 0.909 bits per heavy atom. The highest BCUT2D eigenvalue weighted by atomic mass is 79.9. The van der Waals surface area contributed by atoms with Crippen LogP contribution in [0.4, 0.5) is 5.69 Å². The number of carbonyl (C=O) groups is 1. The first-order valence-corrected chi connectivity index (χ1v) is 11.5. The van der Waals surface area contributed by atoms with Gasteiger partial charge in [-0.1, -0.05) is 76.6 Å². The Bertz CT molecular complexity index is 1390. The fourth-order valence-electron chi connectivity index (χ4n) is 3.86. The number of nitrogens with zero attached hydrogens (tertiary/aromatic N) is 2. The maximum Gasteiger partial charge on any atom is 0.280 e. The molecule has 4 aromatic rings. The van der Waals surface area contributed by atoms with E-state index in [1.165, 1.54) is 5.01 Å². The van der Waals surface area contributed by atoms with E-state index in [0.717, 1.165) is 37.8 Å². The summed E-state index contributed by atoms with van der Waals surface area (Å²) >= 11 is 3.47. The van der Waals surface area contributed by atoms with Gasteiger partial charge in [-0.2, -0.15) is 10.1 Å². The number of benzene rings is 4. The minimum Gasteiger partial charge on any atom is -0.488 e. The largest absolute Gasteiger partial charge is 0.488 e. The Morgan fingerprint density at radius 2 is 1.64 bits per heavy atom. The van der Waals surface area contributed by atoms with Crippen molar-refractivity contribution in [3.05, 3.63) is 112 Å². The Kier molecular flexibility index (Phi) is 5.80. The summed E-state index contributed by atoms with van der Waals surface area (Å²) in [6.07, 6.45) is 1.91. The first kappa shape index (κ1) is 21.2. The van der Waals surface area contributed by atoms with Gasteiger partial charge in [-0.15, -0.1) is 0 Å². The minimum atomic E-state index is -0.148. The average molecular weight is 497 g/mol. The summed E-state index contributed by atoms with van der Waals surface area (Å²) in [5, 5.41) is 8.08. The van der Waals surface area contributed by atoms with E-state index in [2.05, 4.69) is 33.2 Å². The molecule has 33 heavy (non-hydrogen) atoms. The van der Waals surface area contributed by atoms with Crippen LogP contribution in [0.3, 0.4) is 0 Å². The number of ether oxygens (including phenoxy) is 1. The van der Waals surface area contributed by atoms with Crippen LogP contribution in [0, 0.1) is 0 Å². The summed E-state index contributed by atoms with van der Waals surface area (Å²) < 4.78 is 7.27. The van der Waals surface area contributed by atoms with Crippen molar-refractivity contribution in [3.8, 4) is 5.75 Å². The molecule has 0 fully saturated rings. The second kappa shape index (κ2) is 9.04. The van der Waals surface area contributed by atoms with Gasteiger partial charge in [0.05, 0.1) is 17.0 Å². The van der Waals surface area contributed by atoms with Gasteiger partial charge in [0.25, 0.3) is 5.91 Å². The lowest BCUT2D eigenvalue weighted by Gasteiger charge is -2.14. The number of amides is 1. The number of anilines is 1. The summed E-state index contributed by atoms with van der Waals surface area (Å²) in [4.78, 5) is 13.3. The second-order valence-electron chi connectivity index (χ2n) is 7.81. The van der Waals surface area contributed by atoms with Crippen molar-refractivity contribution in [3.63, 3.8) is 0 Å². The van der Waals surface area contributed by atoms with E-state index >= 15 is 0 Å². The molecule has 0 aromatic heterocycles. The van der Waals surface area contributed by atoms with Crippen molar-refractivity contribution < 1.29 is 9.53 Å². The van der Waals surface area contributed by atoms with Crippen LogP contribution in [0.5, 0.6) is 5.75 Å². The van der Waals surface area contributed by atoms with Gasteiger partial charge in [-0.05, 0) is 59.7 Å². The molecule has 4 aromatic carbocycles. The molecule has 1 heterocycles. The van der Waals surface area contributed by atoms with Crippen LogP contribution in [-0.4, -0.2) is 11.6 Å². The molecule has 0 saturated heterocycles. The zero-order valence-corrected chi connectivity index (χ0v) is 19.6. The van der Waals surface area contributed by atoms with E-state index in [1.54, 1.807) is 0 Å². The lowest BCUT2D eigenvalue weighted by Crippen LogP contribution is -2.21. The number of halogens is 1. The fraction of sp³-hybridized carbons (Fsp3) is 0.0714. The summed E-state index contributed by atoms with van der Waals surface area (Å²) in [7, 11) is 0. The molecule has 162 valence electrons. The third-order valence-electron chi connectivity index (χ3n) is 5.59. The van der Waals surface area contributed by atoms with Crippen molar-refractivity contribution in [1.82, 2.24) is 0 Å². The molecule has 0 radical (unpaired) electrons. The fourth-order valence-corrected chi connectivity index (χ4v) is 4.13. The molecule has 0 bridgehead atoms. The van der Waals surface area contributed by atoms with Crippen LogP contribution < -0.4 is 9.75 Å². The van der Waals surface area contributed by atoms with Crippen molar-refractivity contribution in [2.75, 3.05) is 5.01 Å². The van der Waals surface area contributed by atoms with E-state index in [1.807, 2.05) is 91.9 Å². The van der Waals surface area contributed by atoms with Crippen LogP contribution in [0.15, 0.2) is 106 Å². The molecule has 5 heteroatoms. The number of hydrogen-bond acceptors (Lipinski definition) is 3. The van der Waals surface area contributed by atoms with Crippen molar-refractivity contribution in [2.45, 2.75) is 13.5 Å². The van der Waals surface area contributed by atoms with E-state index in [0.29, 0.717) is 17.9 Å². The predicted octanol–water partition coefficient (Wildman–Crippen LogP) is 6.99. The maximum absolute atomic E-state index is 13.3. The molecule has 5 rings (SSSR count). The molecule has 4 nitrogen and oxygen atoms in total.